The van der Waals surface area contributed by atoms with Gasteiger partial charge in [0, 0.05) is 24.9 Å². The summed E-state index contributed by atoms with van der Waals surface area (Å²) in [4.78, 5) is 21.6. The number of aryl methyl sites for hydroxylation is 1. The van der Waals surface area contributed by atoms with Gasteiger partial charge in [0.05, 0.1) is 22.7 Å². The van der Waals surface area contributed by atoms with Crippen molar-refractivity contribution in [2.45, 2.75) is 18.1 Å². The van der Waals surface area contributed by atoms with E-state index in [9.17, 15) is 4.79 Å². The van der Waals surface area contributed by atoms with Crippen LogP contribution in [0.2, 0.25) is 0 Å². The largest absolute Gasteiger partial charge is 0.287 e. The minimum absolute atomic E-state index is 0.0769. The smallest absolute Gasteiger partial charge is 0.262 e. The number of hydrogen-bond acceptors (Lipinski definition) is 5. The van der Waals surface area contributed by atoms with Crippen LogP contribution in [0.4, 0.5) is 0 Å². The molecule has 3 aromatic rings. The molecule has 0 aliphatic rings. The minimum atomic E-state index is -0.0769. The van der Waals surface area contributed by atoms with Crippen LogP contribution in [0.5, 0.6) is 0 Å². The summed E-state index contributed by atoms with van der Waals surface area (Å²) in [5, 5.41) is 9.98. The molecule has 0 atom stereocenters. The molecule has 23 heavy (non-hydrogen) atoms. The van der Waals surface area contributed by atoms with Gasteiger partial charge in [-0.1, -0.05) is 30.0 Å². The van der Waals surface area contributed by atoms with Crippen molar-refractivity contribution >= 4 is 22.7 Å². The Morgan fingerprint density at radius 3 is 2.78 bits per heavy atom. The number of nitriles is 1. The lowest BCUT2D eigenvalue weighted by molar-refractivity contribution is 0.590. The molecule has 0 amide bonds. The van der Waals surface area contributed by atoms with Gasteiger partial charge in [-0.05, 0) is 24.3 Å². The number of fused-ring (bicyclic) bond motifs is 1. The quantitative estimate of drug-likeness (QED) is 0.533. The van der Waals surface area contributed by atoms with Crippen molar-refractivity contribution < 1.29 is 0 Å². The highest BCUT2D eigenvalue weighted by Crippen LogP contribution is 2.17. The molecule has 0 saturated heterocycles. The van der Waals surface area contributed by atoms with Gasteiger partial charge in [0.25, 0.3) is 5.56 Å². The topological polar surface area (TPSA) is 71.6 Å². The summed E-state index contributed by atoms with van der Waals surface area (Å²) in [5.41, 5.74) is 1.50. The third-order valence-electron chi connectivity index (χ3n) is 3.41. The van der Waals surface area contributed by atoms with Crippen molar-refractivity contribution in [3.63, 3.8) is 0 Å². The van der Waals surface area contributed by atoms with Gasteiger partial charge >= 0.3 is 0 Å². The van der Waals surface area contributed by atoms with Crippen LogP contribution in [0.15, 0.2) is 58.6 Å². The molecule has 5 nitrogen and oxygen atoms in total. The highest BCUT2D eigenvalue weighted by molar-refractivity contribution is 7.99. The molecule has 0 fully saturated rings. The molecule has 0 N–H and O–H groups in total. The molecule has 0 radical (unpaired) electrons. The van der Waals surface area contributed by atoms with E-state index >= 15 is 0 Å². The van der Waals surface area contributed by atoms with Crippen molar-refractivity contribution in [3.05, 3.63) is 64.7 Å². The van der Waals surface area contributed by atoms with Crippen LogP contribution in [0.25, 0.3) is 10.9 Å². The average molecular weight is 322 g/mol. The third-order valence-corrected chi connectivity index (χ3v) is 4.25. The van der Waals surface area contributed by atoms with Crippen molar-refractivity contribution in [3.8, 4) is 6.07 Å². The molecule has 0 aliphatic carbocycles. The monoisotopic (exact) mass is 322 g/mol. The molecule has 114 valence electrons. The molecule has 0 aliphatic heterocycles. The van der Waals surface area contributed by atoms with Crippen molar-refractivity contribution in [2.24, 2.45) is 0 Å². The van der Waals surface area contributed by atoms with Gasteiger partial charge in [-0.2, -0.15) is 5.26 Å². The van der Waals surface area contributed by atoms with Gasteiger partial charge < -0.3 is 0 Å². The maximum Gasteiger partial charge on any atom is 0.262 e. The van der Waals surface area contributed by atoms with E-state index in [4.69, 9.17) is 5.26 Å². The number of pyridine rings is 1. The fraction of sp³-hybridized carbons (Fsp3) is 0.176. The lowest BCUT2D eigenvalue weighted by Gasteiger charge is -2.12. The average Bonchev–Trinajstić information content (AvgIpc) is 2.60. The molecule has 2 heterocycles. The Kier molecular flexibility index (Phi) is 4.69. The Morgan fingerprint density at radius 1 is 1.17 bits per heavy atom. The Labute approximate surface area is 137 Å². The number of benzene rings is 1. The van der Waals surface area contributed by atoms with Crippen molar-refractivity contribution in [1.82, 2.24) is 14.5 Å². The molecule has 0 saturated carbocycles. The zero-order chi connectivity index (χ0) is 16.1. The number of aromatic nitrogens is 3. The lowest BCUT2D eigenvalue weighted by atomic mass is 10.2. The molecule has 0 bridgehead atoms. The van der Waals surface area contributed by atoms with E-state index in [0.717, 1.165) is 5.69 Å². The van der Waals surface area contributed by atoms with E-state index in [1.54, 1.807) is 16.8 Å². The van der Waals surface area contributed by atoms with Gasteiger partial charge in [0.2, 0.25) is 0 Å². The van der Waals surface area contributed by atoms with Crippen LogP contribution in [-0.2, 0) is 13.0 Å². The fourth-order valence-corrected chi connectivity index (χ4v) is 3.01. The second kappa shape index (κ2) is 7.07. The molecule has 3 rings (SSSR count). The van der Waals surface area contributed by atoms with Gasteiger partial charge in [-0.25, -0.2) is 4.98 Å². The van der Waals surface area contributed by atoms with Gasteiger partial charge in [-0.3, -0.25) is 14.3 Å². The standard InChI is InChI=1S/C17H14N4OS/c18-9-12-23-17-20-15-7-2-1-6-14(15)16(22)21(17)11-8-13-5-3-4-10-19-13/h1-7,10H,8,11-12H2. The van der Waals surface area contributed by atoms with Crippen LogP contribution in [0.3, 0.4) is 0 Å². The summed E-state index contributed by atoms with van der Waals surface area (Å²) in [6, 6.07) is 15.1. The zero-order valence-electron chi connectivity index (χ0n) is 12.3. The molecular formula is C17H14N4OS. The summed E-state index contributed by atoms with van der Waals surface area (Å²) < 4.78 is 1.64. The molecule has 0 spiro atoms. The van der Waals surface area contributed by atoms with E-state index in [-0.39, 0.29) is 11.3 Å². The number of rotatable bonds is 5. The van der Waals surface area contributed by atoms with Gasteiger partial charge in [0.15, 0.2) is 5.16 Å². The Morgan fingerprint density at radius 2 is 2.00 bits per heavy atom. The molecule has 0 unspecified atom stereocenters. The Bertz CT molecular complexity index is 915. The number of para-hydroxylation sites is 1. The molecule has 6 heteroatoms. The minimum Gasteiger partial charge on any atom is -0.287 e. The SMILES string of the molecule is N#CCSc1nc2ccccc2c(=O)n1CCc1ccccn1. The van der Waals surface area contributed by atoms with Crippen LogP contribution < -0.4 is 5.56 Å². The zero-order valence-corrected chi connectivity index (χ0v) is 13.2. The summed E-state index contributed by atoms with van der Waals surface area (Å²) in [6.07, 6.45) is 2.38. The van der Waals surface area contributed by atoms with Crippen molar-refractivity contribution in [1.29, 1.82) is 5.26 Å². The van der Waals surface area contributed by atoms with Crippen LogP contribution in [0, 0.1) is 11.3 Å². The van der Waals surface area contributed by atoms with Crippen molar-refractivity contribution in [2.75, 3.05) is 5.75 Å². The number of hydrogen-bond donors (Lipinski definition) is 0. The summed E-state index contributed by atoms with van der Waals surface area (Å²) >= 11 is 1.28. The predicted octanol–water partition coefficient (Wildman–Crippen LogP) is 2.65. The Hall–Kier alpha value is -2.65. The molecule has 2 aromatic heterocycles. The second-order valence-electron chi connectivity index (χ2n) is 4.89. The summed E-state index contributed by atoms with van der Waals surface area (Å²) in [7, 11) is 0. The highest BCUT2D eigenvalue weighted by atomic mass is 32.2. The predicted molar refractivity (Wildman–Crippen MR) is 90.3 cm³/mol. The first-order valence-electron chi connectivity index (χ1n) is 7.19. The van der Waals surface area contributed by atoms with E-state index in [1.165, 1.54) is 11.8 Å². The lowest BCUT2D eigenvalue weighted by Crippen LogP contribution is -2.24. The van der Waals surface area contributed by atoms with Gasteiger partial charge in [0.1, 0.15) is 0 Å². The Balaban J connectivity index is 2.00. The highest BCUT2D eigenvalue weighted by Gasteiger charge is 2.11. The third kappa shape index (κ3) is 3.41. The number of thioether (sulfide) groups is 1. The van der Waals surface area contributed by atoms with Crippen LogP contribution in [0.1, 0.15) is 5.69 Å². The summed E-state index contributed by atoms with van der Waals surface area (Å²) in [6.45, 7) is 0.488. The number of nitrogens with zero attached hydrogens (tertiary/aromatic N) is 4. The first-order chi connectivity index (χ1) is 11.3. The maximum atomic E-state index is 12.7. The molecule has 1 aromatic carbocycles. The van der Waals surface area contributed by atoms with Crippen LogP contribution in [-0.4, -0.2) is 20.3 Å². The van der Waals surface area contributed by atoms with E-state index in [0.29, 0.717) is 29.0 Å². The van der Waals surface area contributed by atoms with E-state index < -0.39 is 0 Å². The maximum absolute atomic E-state index is 12.7. The fourth-order valence-electron chi connectivity index (χ4n) is 2.32. The normalized spacial score (nSPS) is 10.6. The molecular weight excluding hydrogens is 308 g/mol. The van der Waals surface area contributed by atoms with Gasteiger partial charge in [-0.15, -0.1) is 0 Å². The van der Waals surface area contributed by atoms with E-state index in [1.807, 2.05) is 36.4 Å². The van der Waals surface area contributed by atoms with Crippen LogP contribution >= 0.6 is 11.8 Å². The first-order valence-corrected chi connectivity index (χ1v) is 8.17. The summed E-state index contributed by atoms with van der Waals surface area (Å²) in [5.74, 6) is 0.258. The van der Waals surface area contributed by atoms with E-state index in [2.05, 4.69) is 16.0 Å². The first kappa shape index (κ1) is 15.3. The second-order valence-corrected chi connectivity index (χ2v) is 5.83.